The van der Waals surface area contributed by atoms with Crippen LogP contribution in [0.5, 0.6) is 0 Å². The fourth-order valence-electron chi connectivity index (χ4n) is 4.06. The van der Waals surface area contributed by atoms with Crippen LogP contribution < -0.4 is 10.2 Å². The van der Waals surface area contributed by atoms with Crippen LogP contribution in [0.2, 0.25) is 0 Å². The normalized spacial score (nSPS) is 13.3. The third-order valence-electron chi connectivity index (χ3n) is 5.50. The first kappa shape index (κ1) is 18.3. The summed E-state index contributed by atoms with van der Waals surface area (Å²) in [7, 11) is 2.14. The summed E-state index contributed by atoms with van der Waals surface area (Å²) in [5.41, 5.74) is 6.41. The van der Waals surface area contributed by atoms with E-state index in [1.807, 2.05) is 42.7 Å². The highest BCUT2D eigenvalue weighted by atomic mass is 16.1. The lowest BCUT2D eigenvalue weighted by molar-refractivity contribution is 0.0950. The van der Waals surface area contributed by atoms with Crippen molar-refractivity contribution in [1.29, 1.82) is 0 Å². The standard InChI is InChI=1S/C23H26N4O/c1-16-13-20(17(2)27(16)22-8-4-5-11-24-22)23(28)25-15-18-9-10-21-19(14-18)7-6-12-26(21)3/h4-5,8-11,13-14H,6-7,12,15H2,1-3H3,(H,25,28). The number of carbonyl (C=O) groups excluding carboxylic acids is 1. The SMILES string of the molecule is Cc1cc(C(=O)NCc2ccc3c(c2)CCCN3C)c(C)n1-c1ccccn1. The van der Waals surface area contributed by atoms with Gasteiger partial charge in [-0.1, -0.05) is 18.2 Å². The Bertz CT molecular complexity index is 1010. The summed E-state index contributed by atoms with van der Waals surface area (Å²) >= 11 is 0. The zero-order valence-corrected chi connectivity index (χ0v) is 16.7. The zero-order valence-electron chi connectivity index (χ0n) is 16.7. The molecule has 0 atom stereocenters. The monoisotopic (exact) mass is 374 g/mol. The predicted octanol–water partition coefficient (Wildman–Crippen LogP) is 3.80. The molecule has 3 heterocycles. The van der Waals surface area contributed by atoms with E-state index in [1.54, 1.807) is 6.20 Å². The summed E-state index contributed by atoms with van der Waals surface area (Å²) in [4.78, 5) is 19.5. The molecule has 0 unspecified atom stereocenters. The molecule has 1 aromatic carbocycles. The molecule has 2 aromatic heterocycles. The Morgan fingerprint density at radius 2 is 2.04 bits per heavy atom. The van der Waals surface area contributed by atoms with Gasteiger partial charge in [-0.15, -0.1) is 0 Å². The van der Waals surface area contributed by atoms with Gasteiger partial charge in [0.25, 0.3) is 5.91 Å². The van der Waals surface area contributed by atoms with Crippen molar-refractivity contribution in [3.05, 3.63) is 76.7 Å². The van der Waals surface area contributed by atoms with Crippen LogP contribution in [0, 0.1) is 13.8 Å². The lowest BCUT2D eigenvalue weighted by Crippen LogP contribution is -2.26. The van der Waals surface area contributed by atoms with E-state index < -0.39 is 0 Å². The molecule has 1 aliphatic heterocycles. The highest BCUT2D eigenvalue weighted by molar-refractivity contribution is 5.95. The first-order chi connectivity index (χ1) is 13.5. The van der Waals surface area contributed by atoms with E-state index in [9.17, 15) is 4.79 Å². The fraction of sp³-hybridized carbons (Fsp3) is 0.304. The Hall–Kier alpha value is -3.08. The van der Waals surface area contributed by atoms with Crippen molar-refractivity contribution in [3.8, 4) is 5.82 Å². The van der Waals surface area contributed by atoms with Crippen LogP contribution in [0.15, 0.2) is 48.7 Å². The molecule has 28 heavy (non-hydrogen) atoms. The van der Waals surface area contributed by atoms with Gasteiger partial charge in [0, 0.05) is 43.4 Å². The molecule has 0 radical (unpaired) electrons. The molecule has 0 saturated carbocycles. The predicted molar refractivity (Wildman–Crippen MR) is 112 cm³/mol. The molecular weight excluding hydrogens is 348 g/mol. The third kappa shape index (κ3) is 3.40. The van der Waals surface area contributed by atoms with Crippen molar-refractivity contribution < 1.29 is 4.79 Å². The summed E-state index contributed by atoms with van der Waals surface area (Å²) < 4.78 is 2.02. The van der Waals surface area contributed by atoms with E-state index in [-0.39, 0.29) is 5.91 Å². The van der Waals surface area contributed by atoms with E-state index in [1.165, 1.54) is 17.7 Å². The number of hydrogen-bond donors (Lipinski definition) is 1. The topological polar surface area (TPSA) is 50.2 Å². The zero-order chi connectivity index (χ0) is 19.7. The van der Waals surface area contributed by atoms with Gasteiger partial charge in [-0.2, -0.15) is 0 Å². The van der Waals surface area contributed by atoms with Crippen molar-refractivity contribution in [2.75, 3.05) is 18.5 Å². The number of amides is 1. The van der Waals surface area contributed by atoms with Crippen LogP contribution in [0.3, 0.4) is 0 Å². The Morgan fingerprint density at radius 1 is 1.18 bits per heavy atom. The molecule has 0 spiro atoms. The third-order valence-corrected chi connectivity index (χ3v) is 5.50. The van der Waals surface area contributed by atoms with Gasteiger partial charge in [-0.3, -0.25) is 4.79 Å². The van der Waals surface area contributed by atoms with Crippen molar-refractivity contribution in [2.45, 2.75) is 33.2 Å². The molecule has 1 aliphatic rings. The minimum atomic E-state index is -0.0508. The minimum absolute atomic E-state index is 0.0508. The molecule has 5 nitrogen and oxygen atoms in total. The van der Waals surface area contributed by atoms with Gasteiger partial charge >= 0.3 is 0 Å². The number of rotatable bonds is 4. The highest BCUT2D eigenvalue weighted by Gasteiger charge is 2.18. The van der Waals surface area contributed by atoms with Crippen LogP contribution in [-0.2, 0) is 13.0 Å². The number of anilines is 1. The van der Waals surface area contributed by atoms with Gasteiger partial charge in [0.2, 0.25) is 0 Å². The van der Waals surface area contributed by atoms with E-state index in [2.05, 4.69) is 40.4 Å². The minimum Gasteiger partial charge on any atom is -0.374 e. The quantitative estimate of drug-likeness (QED) is 0.756. The lowest BCUT2D eigenvalue weighted by Gasteiger charge is -2.27. The van der Waals surface area contributed by atoms with E-state index in [0.717, 1.165) is 35.7 Å². The number of fused-ring (bicyclic) bond motifs is 1. The number of nitrogens with zero attached hydrogens (tertiary/aromatic N) is 3. The van der Waals surface area contributed by atoms with Gasteiger partial charge in [-0.05, 0) is 62.1 Å². The lowest BCUT2D eigenvalue weighted by atomic mass is 9.99. The van der Waals surface area contributed by atoms with E-state index >= 15 is 0 Å². The molecule has 0 fully saturated rings. The van der Waals surface area contributed by atoms with Crippen LogP contribution in [0.25, 0.3) is 5.82 Å². The summed E-state index contributed by atoms with van der Waals surface area (Å²) in [6, 6.07) is 14.2. The molecule has 1 amide bonds. The van der Waals surface area contributed by atoms with E-state index in [4.69, 9.17) is 0 Å². The number of aromatic nitrogens is 2. The molecular formula is C23H26N4O. The second-order valence-electron chi connectivity index (χ2n) is 7.48. The Morgan fingerprint density at radius 3 is 2.82 bits per heavy atom. The number of aryl methyl sites for hydroxylation is 2. The Balaban J connectivity index is 1.51. The van der Waals surface area contributed by atoms with Gasteiger partial charge in [0.1, 0.15) is 5.82 Å². The van der Waals surface area contributed by atoms with Crippen molar-refractivity contribution >= 4 is 11.6 Å². The number of hydrogen-bond acceptors (Lipinski definition) is 3. The maximum Gasteiger partial charge on any atom is 0.253 e. The summed E-state index contributed by atoms with van der Waals surface area (Å²) in [5.74, 6) is 0.778. The van der Waals surface area contributed by atoms with Crippen LogP contribution in [0.4, 0.5) is 5.69 Å². The first-order valence-corrected chi connectivity index (χ1v) is 9.76. The first-order valence-electron chi connectivity index (χ1n) is 9.76. The van der Waals surface area contributed by atoms with Gasteiger partial charge in [0.15, 0.2) is 0 Å². The second-order valence-corrected chi connectivity index (χ2v) is 7.48. The van der Waals surface area contributed by atoms with Gasteiger partial charge in [0.05, 0.1) is 5.56 Å². The maximum atomic E-state index is 12.8. The number of carbonyl (C=O) groups is 1. The van der Waals surface area contributed by atoms with Gasteiger partial charge < -0.3 is 14.8 Å². The molecule has 3 aromatic rings. The molecule has 0 aliphatic carbocycles. The summed E-state index contributed by atoms with van der Waals surface area (Å²) in [5, 5.41) is 3.08. The van der Waals surface area contributed by atoms with Crippen LogP contribution in [0.1, 0.15) is 39.3 Å². The number of pyridine rings is 1. The maximum absolute atomic E-state index is 12.8. The average molecular weight is 374 g/mol. The Labute approximate surface area is 166 Å². The number of benzene rings is 1. The second kappa shape index (κ2) is 7.50. The van der Waals surface area contributed by atoms with E-state index in [0.29, 0.717) is 12.1 Å². The highest BCUT2D eigenvalue weighted by Crippen LogP contribution is 2.27. The molecule has 1 N–H and O–H groups in total. The molecule has 144 valence electrons. The molecule has 0 saturated heterocycles. The van der Waals surface area contributed by atoms with Crippen molar-refractivity contribution in [2.24, 2.45) is 0 Å². The number of nitrogens with one attached hydrogen (secondary N) is 1. The van der Waals surface area contributed by atoms with Crippen molar-refractivity contribution in [3.63, 3.8) is 0 Å². The molecule has 4 rings (SSSR count). The van der Waals surface area contributed by atoms with Crippen molar-refractivity contribution in [1.82, 2.24) is 14.9 Å². The van der Waals surface area contributed by atoms with Crippen LogP contribution in [-0.4, -0.2) is 29.1 Å². The largest absolute Gasteiger partial charge is 0.374 e. The van der Waals surface area contributed by atoms with Gasteiger partial charge in [-0.25, -0.2) is 4.98 Å². The summed E-state index contributed by atoms with van der Waals surface area (Å²) in [6.07, 6.45) is 4.05. The smallest absolute Gasteiger partial charge is 0.253 e. The molecule has 5 heteroatoms. The average Bonchev–Trinajstić information content (AvgIpc) is 3.01. The Kier molecular flexibility index (Phi) is 4.90. The van der Waals surface area contributed by atoms with Crippen LogP contribution >= 0.6 is 0 Å². The fourth-order valence-corrected chi connectivity index (χ4v) is 4.06. The molecule has 0 bridgehead atoms. The summed E-state index contributed by atoms with van der Waals surface area (Å²) in [6.45, 7) is 5.60.